The third kappa shape index (κ3) is 12.0. The van der Waals surface area contributed by atoms with E-state index in [-0.39, 0.29) is 43.9 Å². The van der Waals surface area contributed by atoms with Crippen molar-refractivity contribution in [1.29, 1.82) is 0 Å². The van der Waals surface area contributed by atoms with Gasteiger partial charge >= 0.3 is 18.1 Å². The third-order valence-electron chi connectivity index (χ3n) is 14.5. The van der Waals surface area contributed by atoms with Crippen LogP contribution in [0.3, 0.4) is 0 Å². The number of nitrogens with one attached hydrogen (secondary N) is 4. The molecule has 4 aromatic rings. The van der Waals surface area contributed by atoms with Crippen molar-refractivity contribution in [2.45, 2.75) is 89.8 Å². The average Bonchev–Trinajstić information content (AvgIpc) is 3.67. The zero-order valence-corrected chi connectivity index (χ0v) is 41.5. The van der Waals surface area contributed by atoms with Crippen molar-refractivity contribution in [3.8, 4) is 16.9 Å². The molecule has 15 heteroatoms. The molecular weight excluding hydrogens is 922 g/mol. The van der Waals surface area contributed by atoms with Crippen LogP contribution in [0.15, 0.2) is 96.6 Å². The first-order valence-electron chi connectivity index (χ1n) is 24.6. The first kappa shape index (κ1) is 50.6. The fourth-order valence-electron chi connectivity index (χ4n) is 11.4. The summed E-state index contributed by atoms with van der Waals surface area (Å²) in [4.78, 5) is 64.2. The minimum absolute atomic E-state index is 0.0878. The molecule has 5 amide bonds. The molecule has 0 radical (unpaired) electrons. The number of methoxy groups -OCH3 is 2. The summed E-state index contributed by atoms with van der Waals surface area (Å²) in [5.41, 5.74) is 13.6. The highest BCUT2D eigenvalue weighted by Gasteiger charge is 2.47. The van der Waals surface area contributed by atoms with Gasteiger partial charge in [-0.3, -0.25) is 9.59 Å². The van der Waals surface area contributed by atoms with E-state index in [1.807, 2.05) is 74.5 Å². The number of carbonyl (C=O) groups excluding carboxylic acids is 5. The van der Waals surface area contributed by atoms with Crippen LogP contribution in [0.2, 0.25) is 5.02 Å². The van der Waals surface area contributed by atoms with Gasteiger partial charge in [0.2, 0.25) is 11.8 Å². The molecule has 5 aliphatic carbocycles. The summed E-state index contributed by atoms with van der Waals surface area (Å²) in [6.45, 7) is 4.08. The minimum Gasteiger partial charge on any atom is -0.496 e. The highest BCUT2D eigenvalue weighted by Crippen LogP contribution is 2.58. The van der Waals surface area contributed by atoms with Crippen LogP contribution in [0.25, 0.3) is 23.0 Å². The largest absolute Gasteiger partial charge is 0.496 e. The van der Waals surface area contributed by atoms with E-state index >= 15 is 0 Å². The molecule has 4 bridgehead atoms. The molecule has 4 fully saturated rings. The molecule has 9 rings (SSSR count). The van der Waals surface area contributed by atoms with E-state index in [0.717, 1.165) is 51.0 Å². The summed E-state index contributed by atoms with van der Waals surface area (Å²) in [6.07, 6.45) is 8.94. The molecule has 0 unspecified atom stereocenters. The zero-order valence-electron chi connectivity index (χ0n) is 40.8. The second kappa shape index (κ2) is 23.0. The van der Waals surface area contributed by atoms with Crippen LogP contribution in [-0.2, 0) is 35.2 Å². The highest BCUT2D eigenvalue weighted by molar-refractivity contribution is 6.34. The van der Waals surface area contributed by atoms with E-state index in [1.165, 1.54) is 50.9 Å². The number of anilines is 1. The van der Waals surface area contributed by atoms with Crippen molar-refractivity contribution in [3.05, 3.63) is 129 Å². The third-order valence-corrected chi connectivity index (χ3v) is 14.8. The number of ether oxygens (including phenoxy) is 4. The lowest BCUT2D eigenvalue weighted by Gasteiger charge is -2.51. The Morgan fingerprint density at radius 3 is 2.06 bits per heavy atom. The quantitative estimate of drug-likeness (QED) is 0.0248. The Bertz CT molecular complexity index is 2610. The first-order chi connectivity index (χ1) is 34.3. The summed E-state index contributed by atoms with van der Waals surface area (Å²) in [5.74, 6) is 1.92. The number of hydrogen-bond donors (Lipinski definition) is 5. The Morgan fingerprint density at radius 1 is 0.803 bits per heavy atom. The number of carbonyl (C=O) groups is 5. The predicted molar refractivity (Wildman–Crippen MR) is 273 cm³/mol. The smallest absolute Gasteiger partial charge is 0.407 e. The fourth-order valence-corrected chi connectivity index (χ4v) is 11.7. The molecule has 0 spiro atoms. The number of hydrogen-bond acceptors (Lipinski definition) is 9. The monoisotopic (exact) mass is 985 g/mol. The second-order valence-electron chi connectivity index (χ2n) is 19.6. The lowest BCUT2D eigenvalue weighted by Crippen LogP contribution is -2.52. The van der Waals surface area contributed by atoms with Gasteiger partial charge < -0.3 is 45.9 Å². The van der Waals surface area contributed by atoms with Gasteiger partial charge in [-0.05, 0) is 132 Å². The number of esters is 1. The molecule has 374 valence electrons. The Labute approximate surface area is 420 Å². The maximum Gasteiger partial charge on any atom is 0.407 e. The van der Waals surface area contributed by atoms with Crippen molar-refractivity contribution in [2.75, 3.05) is 32.7 Å². The van der Waals surface area contributed by atoms with Gasteiger partial charge in [-0.25, -0.2) is 14.4 Å². The summed E-state index contributed by atoms with van der Waals surface area (Å²) in [6, 6.07) is 24.7. The lowest BCUT2D eigenvalue weighted by atomic mass is 9.54. The van der Waals surface area contributed by atoms with Gasteiger partial charge in [0, 0.05) is 47.8 Å². The van der Waals surface area contributed by atoms with E-state index < -0.39 is 36.1 Å². The number of amides is 5. The van der Waals surface area contributed by atoms with Crippen LogP contribution >= 0.6 is 11.6 Å². The number of allylic oxidation sites excluding steroid dienone is 1. The standard InChI is InChI=1S/C56H64ClN5O9/c1-32(2)51(62-56(67)71-31-46-43-13-7-5-11-41(43)42-12-6-8-14-44(42)46)54(65)61-40(10-9-23-59-55(58)66)29-47(63)60-39-19-15-33(16-20-39)30-70-52-36(18-22-48(64)68-3)17-21-45(50(52)57)53(69-4)49-37-25-34-24-35(27-37)28-38(49)26-34/h5-8,11-22,32,34-35,37-38,40,46,51H,9-10,23-31H2,1-4H3,(H,60,63)(H,61,65)(H,62,67)(H3,58,59,66)/b22-18+,53-49?/t34?,35?,37?,38?,40-,51+/m1/s1. The number of fused-ring (bicyclic) bond motifs is 3. The molecule has 14 nitrogen and oxygen atoms in total. The summed E-state index contributed by atoms with van der Waals surface area (Å²) >= 11 is 7.23. The maximum atomic E-state index is 13.9. The maximum absolute atomic E-state index is 13.9. The Kier molecular flexibility index (Phi) is 16.4. The number of alkyl carbamates (subject to hydrolysis) is 1. The van der Waals surface area contributed by atoms with Gasteiger partial charge in [0.15, 0.2) is 0 Å². The van der Waals surface area contributed by atoms with Crippen molar-refractivity contribution in [3.63, 3.8) is 0 Å². The summed E-state index contributed by atoms with van der Waals surface area (Å²) in [7, 11) is 3.02. The van der Waals surface area contributed by atoms with Crippen LogP contribution in [0, 0.1) is 29.6 Å². The van der Waals surface area contributed by atoms with Crippen molar-refractivity contribution in [1.82, 2.24) is 16.0 Å². The van der Waals surface area contributed by atoms with Crippen LogP contribution < -0.4 is 31.7 Å². The van der Waals surface area contributed by atoms with Gasteiger partial charge in [0.05, 0.1) is 19.2 Å². The topological polar surface area (TPSA) is 196 Å². The zero-order chi connectivity index (χ0) is 50.2. The number of benzene rings is 4. The Hall–Kier alpha value is -6.80. The lowest BCUT2D eigenvalue weighted by molar-refractivity contribution is -0.134. The fraction of sp³-hybridized carbons (Fsp3) is 0.411. The molecule has 5 aliphatic rings. The molecular formula is C56H64ClN5O9. The molecule has 71 heavy (non-hydrogen) atoms. The summed E-state index contributed by atoms with van der Waals surface area (Å²) in [5, 5.41) is 11.6. The minimum atomic E-state index is -0.965. The number of halogens is 1. The Morgan fingerprint density at radius 2 is 1.45 bits per heavy atom. The van der Waals surface area contributed by atoms with E-state index in [1.54, 1.807) is 25.3 Å². The van der Waals surface area contributed by atoms with E-state index in [9.17, 15) is 24.0 Å². The van der Waals surface area contributed by atoms with Gasteiger partial charge in [0.1, 0.15) is 30.8 Å². The molecule has 0 aromatic heterocycles. The van der Waals surface area contributed by atoms with Gasteiger partial charge in [0.25, 0.3) is 0 Å². The van der Waals surface area contributed by atoms with E-state index in [4.69, 9.17) is 36.3 Å². The molecule has 0 heterocycles. The van der Waals surface area contributed by atoms with Gasteiger partial charge in [-0.15, -0.1) is 0 Å². The van der Waals surface area contributed by atoms with Crippen LogP contribution in [0.5, 0.6) is 5.75 Å². The number of rotatable bonds is 20. The molecule has 4 aromatic carbocycles. The SMILES string of the molecule is COC(=O)/C=C/c1ccc(C(OC)=C2C3CC4CC(C3)CC2C4)c(Cl)c1OCc1ccc(NC(=O)C[C@@H](CCCNC(N)=O)NC(=O)[C@@H](NC(=O)OCC2c3ccccc3-c3ccccc32)C(C)C)cc1. The number of primary amides is 1. The second-order valence-corrected chi connectivity index (χ2v) is 19.9. The highest BCUT2D eigenvalue weighted by atomic mass is 35.5. The van der Waals surface area contributed by atoms with E-state index in [2.05, 4.69) is 33.4 Å². The molecule has 2 atom stereocenters. The van der Waals surface area contributed by atoms with Crippen molar-refractivity contribution >= 4 is 59.0 Å². The summed E-state index contributed by atoms with van der Waals surface area (Å²) < 4.78 is 23.2. The van der Waals surface area contributed by atoms with Gasteiger partial charge in [-0.1, -0.05) is 92.2 Å². The number of urea groups is 1. The molecule has 4 saturated carbocycles. The van der Waals surface area contributed by atoms with Crippen LogP contribution in [0.4, 0.5) is 15.3 Å². The predicted octanol–water partition coefficient (Wildman–Crippen LogP) is 9.74. The Balaban J connectivity index is 0.901. The van der Waals surface area contributed by atoms with Crippen molar-refractivity contribution < 1.29 is 42.9 Å². The molecule has 0 aliphatic heterocycles. The normalized spacial score (nSPS) is 19.3. The molecule has 0 saturated heterocycles. The van der Waals surface area contributed by atoms with Crippen molar-refractivity contribution in [2.24, 2.45) is 35.3 Å². The van der Waals surface area contributed by atoms with Crippen LogP contribution in [0.1, 0.15) is 98.9 Å². The molecule has 6 N–H and O–H groups in total. The number of nitrogens with two attached hydrogens (primary N) is 1. The van der Waals surface area contributed by atoms with Gasteiger partial charge in [-0.2, -0.15) is 0 Å². The van der Waals surface area contributed by atoms with Crippen LogP contribution in [-0.4, -0.2) is 69.4 Å². The van der Waals surface area contributed by atoms with E-state index in [0.29, 0.717) is 46.7 Å². The first-order valence-corrected chi connectivity index (χ1v) is 25.0. The average molecular weight is 987 g/mol.